The highest BCUT2D eigenvalue weighted by Crippen LogP contribution is 2.27. The van der Waals surface area contributed by atoms with E-state index in [1.807, 2.05) is 0 Å². The lowest BCUT2D eigenvalue weighted by Crippen LogP contribution is -2.23. The van der Waals surface area contributed by atoms with Gasteiger partial charge in [-0.3, -0.25) is 0 Å². The molecule has 0 amide bonds. The van der Waals surface area contributed by atoms with Gasteiger partial charge in [-0.2, -0.15) is 0 Å². The van der Waals surface area contributed by atoms with Crippen LogP contribution in [0.1, 0.15) is 27.7 Å². The molecule has 1 atom stereocenters. The van der Waals surface area contributed by atoms with Gasteiger partial charge in [0.2, 0.25) is 0 Å². The Labute approximate surface area is 54.6 Å². The molecular formula is C6H17NSi. The van der Waals surface area contributed by atoms with Gasteiger partial charge in [0, 0.05) is 0 Å². The Morgan fingerprint density at radius 1 is 1.38 bits per heavy atom. The van der Waals surface area contributed by atoms with Crippen LogP contribution in [0.2, 0.25) is 5.54 Å². The fourth-order valence-electron chi connectivity index (χ4n) is 0.354. The Bertz CT molecular complexity index is 65.4. The second kappa shape index (κ2) is 2.64. The molecule has 0 aliphatic carbocycles. The lowest BCUT2D eigenvalue weighted by molar-refractivity contribution is 0.395. The summed E-state index contributed by atoms with van der Waals surface area (Å²) in [7, 11) is -0.266. The normalized spacial score (nSPS) is 17.6. The molecule has 0 saturated heterocycles. The second-order valence-corrected chi connectivity index (χ2v) is 5.20. The van der Waals surface area contributed by atoms with Crippen LogP contribution in [0.4, 0.5) is 0 Å². The maximum atomic E-state index is 5.60. The van der Waals surface area contributed by atoms with Crippen LogP contribution in [0.25, 0.3) is 0 Å². The van der Waals surface area contributed by atoms with Gasteiger partial charge in [0.05, 0.1) is 9.68 Å². The van der Waals surface area contributed by atoms with Gasteiger partial charge in [0.15, 0.2) is 0 Å². The van der Waals surface area contributed by atoms with Crippen LogP contribution in [0.3, 0.4) is 0 Å². The van der Waals surface area contributed by atoms with E-state index in [1.165, 1.54) is 0 Å². The maximum absolute atomic E-state index is 5.60. The number of nitrogens with two attached hydrogens (primary N) is 1. The Balaban J connectivity index is 3.62. The van der Waals surface area contributed by atoms with Crippen molar-refractivity contribution >= 4 is 9.68 Å². The van der Waals surface area contributed by atoms with Crippen molar-refractivity contribution < 1.29 is 0 Å². The van der Waals surface area contributed by atoms with E-state index < -0.39 is 0 Å². The average molecular weight is 131 g/mol. The summed E-state index contributed by atoms with van der Waals surface area (Å²) < 4.78 is 0. The molecule has 0 aliphatic heterocycles. The van der Waals surface area contributed by atoms with Crippen molar-refractivity contribution in [3.8, 4) is 0 Å². The molecule has 0 spiro atoms. The molecule has 1 nitrogen and oxygen atoms in total. The molecule has 0 saturated carbocycles. The highest BCUT2D eigenvalue weighted by atomic mass is 28.2. The molecule has 1 unspecified atom stereocenters. The number of hydrogen-bond donors (Lipinski definition) is 1. The molecule has 50 valence electrons. The number of rotatable bonds is 1. The van der Waals surface area contributed by atoms with Crippen LogP contribution in [0.15, 0.2) is 0 Å². The van der Waals surface area contributed by atoms with E-state index in [0.29, 0.717) is 5.41 Å². The molecule has 0 aliphatic rings. The molecule has 0 aromatic rings. The van der Waals surface area contributed by atoms with Crippen molar-refractivity contribution in [1.82, 2.24) is 0 Å². The van der Waals surface area contributed by atoms with Crippen LogP contribution >= 0.6 is 0 Å². The largest absolute Gasteiger partial charge is 0.355 e. The first-order chi connectivity index (χ1) is 3.48. The molecule has 0 radical (unpaired) electrons. The zero-order chi connectivity index (χ0) is 6.78. The highest BCUT2D eigenvalue weighted by molar-refractivity contribution is 6.33. The highest BCUT2D eigenvalue weighted by Gasteiger charge is 2.17. The van der Waals surface area contributed by atoms with E-state index >= 15 is 0 Å². The van der Waals surface area contributed by atoms with Gasteiger partial charge in [-0.05, 0) is 11.0 Å². The Hall–Kier alpha value is 0.177. The fourth-order valence-corrected chi connectivity index (χ4v) is 1.06. The maximum Gasteiger partial charge on any atom is 0.0922 e. The van der Waals surface area contributed by atoms with E-state index in [1.54, 1.807) is 0 Å². The van der Waals surface area contributed by atoms with Crippen LogP contribution in [-0.2, 0) is 0 Å². The number of hydrogen-bond acceptors (Lipinski definition) is 1. The van der Waals surface area contributed by atoms with Crippen LogP contribution in [0.5, 0.6) is 0 Å². The summed E-state index contributed by atoms with van der Waals surface area (Å²) in [5.41, 5.74) is 1.21. The molecule has 0 rings (SSSR count). The molecule has 2 N–H and O–H groups in total. The molecule has 2 heteroatoms. The van der Waals surface area contributed by atoms with Gasteiger partial charge in [0.1, 0.15) is 0 Å². The van der Waals surface area contributed by atoms with E-state index in [0.717, 1.165) is 5.54 Å². The molecule has 0 aromatic heterocycles. The van der Waals surface area contributed by atoms with E-state index in [2.05, 4.69) is 27.7 Å². The van der Waals surface area contributed by atoms with Crippen LogP contribution in [-0.4, -0.2) is 9.68 Å². The van der Waals surface area contributed by atoms with Crippen molar-refractivity contribution in [3.05, 3.63) is 0 Å². The van der Waals surface area contributed by atoms with Gasteiger partial charge in [-0.1, -0.05) is 27.7 Å². The first-order valence-electron chi connectivity index (χ1n) is 3.18. The van der Waals surface area contributed by atoms with Crippen molar-refractivity contribution in [3.63, 3.8) is 0 Å². The van der Waals surface area contributed by atoms with E-state index in [-0.39, 0.29) is 9.68 Å². The van der Waals surface area contributed by atoms with Gasteiger partial charge in [-0.15, -0.1) is 0 Å². The summed E-state index contributed by atoms with van der Waals surface area (Å²) >= 11 is 0. The molecule has 0 heterocycles. The standard InChI is InChI=1S/C6H17NSi/c1-5(8-7)6(2,3)4/h5H,7-8H2,1-4H3. The SMILES string of the molecule is CC([SiH2]N)C(C)(C)C. The van der Waals surface area contributed by atoms with Crippen LogP contribution < -0.4 is 5.40 Å². The Kier molecular flexibility index (Phi) is 2.70. The molecular weight excluding hydrogens is 114 g/mol. The summed E-state index contributed by atoms with van der Waals surface area (Å²) in [4.78, 5) is 0. The predicted molar refractivity (Wildman–Crippen MR) is 41.6 cm³/mol. The summed E-state index contributed by atoms with van der Waals surface area (Å²) in [6.45, 7) is 8.98. The van der Waals surface area contributed by atoms with Gasteiger partial charge in [-0.25, -0.2) is 0 Å². The predicted octanol–water partition coefficient (Wildman–Crippen LogP) is 0.883. The molecule has 8 heavy (non-hydrogen) atoms. The third-order valence-electron chi connectivity index (χ3n) is 1.83. The van der Waals surface area contributed by atoms with Crippen molar-refractivity contribution in [2.75, 3.05) is 0 Å². The minimum Gasteiger partial charge on any atom is -0.355 e. The van der Waals surface area contributed by atoms with Crippen LogP contribution in [0, 0.1) is 5.41 Å². The van der Waals surface area contributed by atoms with Crippen molar-refractivity contribution in [2.24, 2.45) is 10.8 Å². The Morgan fingerprint density at radius 3 is 1.75 bits per heavy atom. The summed E-state index contributed by atoms with van der Waals surface area (Å²) in [6, 6.07) is 0. The topological polar surface area (TPSA) is 26.0 Å². The monoisotopic (exact) mass is 131 g/mol. The van der Waals surface area contributed by atoms with Gasteiger partial charge in [0.25, 0.3) is 0 Å². The third kappa shape index (κ3) is 2.48. The first-order valence-corrected chi connectivity index (χ1v) is 4.82. The van der Waals surface area contributed by atoms with Crippen molar-refractivity contribution in [2.45, 2.75) is 33.2 Å². The average Bonchev–Trinajstić information content (AvgIpc) is 1.62. The second-order valence-electron chi connectivity index (χ2n) is 3.50. The zero-order valence-corrected chi connectivity index (χ0v) is 7.78. The summed E-state index contributed by atoms with van der Waals surface area (Å²) in [6.07, 6.45) is 0. The lowest BCUT2D eigenvalue weighted by atomic mass is 9.93. The van der Waals surface area contributed by atoms with E-state index in [4.69, 9.17) is 5.40 Å². The zero-order valence-electron chi connectivity index (χ0n) is 6.36. The Morgan fingerprint density at radius 2 is 1.75 bits per heavy atom. The van der Waals surface area contributed by atoms with Crippen molar-refractivity contribution in [1.29, 1.82) is 0 Å². The smallest absolute Gasteiger partial charge is 0.0922 e. The summed E-state index contributed by atoms with van der Waals surface area (Å²) in [5, 5.41) is 5.60. The molecule has 0 bridgehead atoms. The van der Waals surface area contributed by atoms with E-state index in [9.17, 15) is 0 Å². The molecule has 0 aromatic carbocycles. The van der Waals surface area contributed by atoms with Gasteiger partial charge >= 0.3 is 0 Å². The first kappa shape index (κ1) is 8.18. The minimum atomic E-state index is -0.266. The fraction of sp³-hybridized carbons (Fsp3) is 1.00. The minimum absolute atomic E-state index is 0.266. The third-order valence-corrected chi connectivity index (χ3v) is 3.76. The van der Waals surface area contributed by atoms with Gasteiger partial charge < -0.3 is 5.40 Å². The quantitative estimate of drug-likeness (QED) is 0.525. The summed E-state index contributed by atoms with van der Waals surface area (Å²) in [5.74, 6) is 0. The molecule has 0 fully saturated rings. The lowest BCUT2D eigenvalue weighted by Gasteiger charge is -2.24.